The van der Waals surface area contributed by atoms with Gasteiger partial charge in [0.2, 0.25) is 0 Å². The first-order valence-electron chi connectivity index (χ1n) is 8.13. The Bertz CT molecular complexity index is 522. The van der Waals surface area contributed by atoms with Crippen LogP contribution in [-0.2, 0) is 11.3 Å². The molecule has 1 amide bonds. The maximum atomic E-state index is 12.2. The number of amides is 1. The van der Waals surface area contributed by atoms with E-state index in [1.165, 1.54) is 5.56 Å². The molecule has 0 radical (unpaired) electrons. The minimum atomic E-state index is -0.444. The predicted octanol–water partition coefficient (Wildman–Crippen LogP) is 3.14. The van der Waals surface area contributed by atoms with E-state index >= 15 is 0 Å². The third kappa shape index (κ3) is 5.13. The summed E-state index contributed by atoms with van der Waals surface area (Å²) in [5.74, 6) is 0.872. The van der Waals surface area contributed by atoms with Crippen molar-refractivity contribution in [1.29, 1.82) is 0 Å². The molecule has 1 aromatic carbocycles. The number of hydrogen-bond donors (Lipinski definition) is 0. The van der Waals surface area contributed by atoms with Gasteiger partial charge in [-0.15, -0.1) is 0 Å². The van der Waals surface area contributed by atoms with Gasteiger partial charge in [0.05, 0.1) is 7.11 Å². The zero-order valence-electron chi connectivity index (χ0n) is 14.8. The van der Waals surface area contributed by atoms with E-state index in [9.17, 15) is 4.79 Å². The number of ether oxygens (including phenoxy) is 2. The Labute approximate surface area is 139 Å². The van der Waals surface area contributed by atoms with E-state index in [2.05, 4.69) is 24.0 Å². The molecule has 0 aromatic heterocycles. The van der Waals surface area contributed by atoms with Crippen molar-refractivity contribution in [3.05, 3.63) is 29.8 Å². The normalized spacial score (nSPS) is 19.5. The van der Waals surface area contributed by atoms with Gasteiger partial charge in [0, 0.05) is 32.2 Å². The summed E-state index contributed by atoms with van der Waals surface area (Å²) in [6.45, 7) is 11.0. The molecule has 1 fully saturated rings. The van der Waals surface area contributed by atoms with Crippen LogP contribution in [-0.4, -0.2) is 54.3 Å². The minimum Gasteiger partial charge on any atom is -0.497 e. The molecular weight excluding hydrogens is 292 g/mol. The molecule has 0 N–H and O–H groups in total. The van der Waals surface area contributed by atoms with Crippen molar-refractivity contribution < 1.29 is 14.3 Å². The summed E-state index contributed by atoms with van der Waals surface area (Å²) in [6.07, 6.45) is -0.214. The van der Waals surface area contributed by atoms with Crippen molar-refractivity contribution in [2.24, 2.45) is 0 Å². The Morgan fingerprint density at radius 1 is 1.22 bits per heavy atom. The summed E-state index contributed by atoms with van der Waals surface area (Å²) in [5.41, 5.74) is 0.809. The topological polar surface area (TPSA) is 42.0 Å². The number of hydrogen-bond acceptors (Lipinski definition) is 4. The number of piperazine rings is 1. The van der Waals surface area contributed by atoms with Crippen LogP contribution in [0.1, 0.15) is 33.3 Å². The lowest BCUT2D eigenvalue weighted by Gasteiger charge is -2.40. The molecule has 1 atom stereocenters. The van der Waals surface area contributed by atoms with Crippen LogP contribution in [0.15, 0.2) is 24.3 Å². The summed E-state index contributed by atoms with van der Waals surface area (Å²) in [7, 11) is 1.67. The lowest BCUT2D eigenvalue weighted by Crippen LogP contribution is -2.54. The van der Waals surface area contributed by atoms with Crippen LogP contribution < -0.4 is 4.74 Å². The number of nitrogens with zero attached hydrogens (tertiary/aromatic N) is 2. The van der Waals surface area contributed by atoms with Crippen molar-refractivity contribution in [3.63, 3.8) is 0 Å². The Kier molecular flexibility index (Phi) is 5.52. The Morgan fingerprint density at radius 3 is 2.39 bits per heavy atom. The molecule has 2 rings (SSSR count). The number of carbonyl (C=O) groups excluding carboxylic acids is 1. The fraction of sp³-hybridized carbons (Fsp3) is 0.611. The Morgan fingerprint density at radius 2 is 1.87 bits per heavy atom. The second-order valence-corrected chi connectivity index (χ2v) is 7.09. The van der Waals surface area contributed by atoms with Crippen molar-refractivity contribution in [2.75, 3.05) is 26.7 Å². The molecule has 128 valence electrons. The third-order valence-corrected chi connectivity index (χ3v) is 3.96. The molecular formula is C18H28N2O3. The molecule has 5 nitrogen and oxygen atoms in total. The molecule has 1 aliphatic rings. The molecule has 0 bridgehead atoms. The quantitative estimate of drug-likeness (QED) is 0.858. The highest BCUT2D eigenvalue weighted by Gasteiger charge is 2.29. The van der Waals surface area contributed by atoms with Crippen LogP contribution in [0.5, 0.6) is 5.75 Å². The van der Waals surface area contributed by atoms with Crippen LogP contribution in [0, 0.1) is 0 Å². The lowest BCUT2D eigenvalue weighted by molar-refractivity contribution is 0.00461. The van der Waals surface area contributed by atoms with E-state index in [1.807, 2.05) is 32.9 Å². The molecule has 0 aliphatic carbocycles. The summed E-state index contributed by atoms with van der Waals surface area (Å²) in [6, 6.07) is 8.45. The first kappa shape index (κ1) is 17.6. The minimum absolute atomic E-state index is 0.214. The van der Waals surface area contributed by atoms with Crippen molar-refractivity contribution >= 4 is 6.09 Å². The Balaban J connectivity index is 1.89. The summed E-state index contributed by atoms with van der Waals surface area (Å²) < 4.78 is 10.6. The van der Waals surface area contributed by atoms with Crippen LogP contribution >= 0.6 is 0 Å². The molecule has 23 heavy (non-hydrogen) atoms. The molecule has 1 saturated heterocycles. The highest BCUT2D eigenvalue weighted by Crippen LogP contribution is 2.18. The number of carbonyl (C=O) groups is 1. The zero-order valence-corrected chi connectivity index (χ0v) is 14.8. The highest BCUT2D eigenvalue weighted by molar-refractivity contribution is 5.68. The van der Waals surface area contributed by atoms with E-state index < -0.39 is 5.60 Å². The summed E-state index contributed by atoms with van der Waals surface area (Å²) in [4.78, 5) is 16.4. The van der Waals surface area contributed by atoms with E-state index in [1.54, 1.807) is 12.0 Å². The first-order valence-corrected chi connectivity index (χ1v) is 8.13. The van der Waals surface area contributed by atoms with Gasteiger partial charge in [-0.3, -0.25) is 4.90 Å². The van der Waals surface area contributed by atoms with E-state index in [4.69, 9.17) is 9.47 Å². The second kappa shape index (κ2) is 7.21. The van der Waals surface area contributed by atoms with Crippen molar-refractivity contribution in [3.8, 4) is 5.75 Å². The molecule has 0 unspecified atom stereocenters. The van der Waals surface area contributed by atoms with Gasteiger partial charge in [-0.1, -0.05) is 12.1 Å². The lowest BCUT2D eigenvalue weighted by atomic mass is 10.1. The number of rotatable bonds is 3. The average molecular weight is 320 g/mol. The van der Waals surface area contributed by atoms with Crippen molar-refractivity contribution in [1.82, 2.24) is 9.80 Å². The fourth-order valence-electron chi connectivity index (χ4n) is 2.69. The van der Waals surface area contributed by atoms with Gasteiger partial charge in [-0.2, -0.15) is 0 Å². The maximum Gasteiger partial charge on any atom is 0.410 e. The molecule has 0 spiro atoms. The van der Waals surface area contributed by atoms with E-state index in [-0.39, 0.29) is 6.09 Å². The van der Waals surface area contributed by atoms with Crippen molar-refractivity contribution in [2.45, 2.75) is 45.9 Å². The van der Waals surface area contributed by atoms with Gasteiger partial charge >= 0.3 is 6.09 Å². The monoisotopic (exact) mass is 320 g/mol. The van der Waals surface area contributed by atoms with E-state index in [0.717, 1.165) is 18.8 Å². The van der Waals surface area contributed by atoms with Gasteiger partial charge in [-0.25, -0.2) is 4.79 Å². The SMILES string of the molecule is COc1ccc(CN2CCN(C(=O)OC(C)(C)C)C[C@@H]2C)cc1. The van der Waals surface area contributed by atoms with Crippen LogP contribution in [0.2, 0.25) is 0 Å². The average Bonchev–Trinajstić information content (AvgIpc) is 2.48. The summed E-state index contributed by atoms with van der Waals surface area (Å²) >= 11 is 0. The molecule has 5 heteroatoms. The standard InChI is InChI=1S/C18H28N2O3/c1-14-12-20(17(21)23-18(2,3)4)11-10-19(14)13-15-6-8-16(22-5)9-7-15/h6-9,14H,10-13H2,1-5H3/t14-/m0/s1. The van der Waals surface area contributed by atoms with Gasteiger partial charge < -0.3 is 14.4 Å². The number of methoxy groups -OCH3 is 1. The first-order chi connectivity index (χ1) is 10.8. The summed E-state index contributed by atoms with van der Waals surface area (Å²) in [5, 5.41) is 0. The molecule has 1 aromatic rings. The maximum absolute atomic E-state index is 12.2. The zero-order chi connectivity index (χ0) is 17.0. The van der Waals surface area contributed by atoms with Crippen LogP contribution in [0.3, 0.4) is 0 Å². The fourth-order valence-corrected chi connectivity index (χ4v) is 2.69. The second-order valence-electron chi connectivity index (χ2n) is 7.09. The highest BCUT2D eigenvalue weighted by atomic mass is 16.6. The third-order valence-electron chi connectivity index (χ3n) is 3.96. The smallest absolute Gasteiger partial charge is 0.410 e. The van der Waals surface area contributed by atoms with Gasteiger partial charge in [0.25, 0.3) is 0 Å². The Hall–Kier alpha value is -1.75. The van der Waals surface area contributed by atoms with E-state index in [0.29, 0.717) is 19.1 Å². The predicted molar refractivity (Wildman–Crippen MR) is 90.7 cm³/mol. The molecule has 0 saturated carbocycles. The van der Waals surface area contributed by atoms with Crippen LogP contribution in [0.4, 0.5) is 4.79 Å². The molecule has 1 aliphatic heterocycles. The van der Waals surface area contributed by atoms with Gasteiger partial charge in [0.15, 0.2) is 0 Å². The van der Waals surface area contributed by atoms with Crippen LogP contribution in [0.25, 0.3) is 0 Å². The van der Waals surface area contributed by atoms with Gasteiger partial charge in [-0.05, 0) is 45.4 Å². The van der Waals surface area contributed by atoms with Gasteiger partial charge in [0.1, 0.15) is 11.4 Å². The largest absolute Gasteiger partial charge is 0.497 e. The number of benzene rings is 1. The molecule has 1 heterocycles.